The number of nitrogens with zero attached hydrogens (tertiary/aromatic N) is 1. The zero-order valence-electron chi connectivity index (χ0n) is 10.2. The van der Waals surface area contributed by atoms with Gasteiger partial charge in [0.1, 0.15) is 6.04 Å². The molecule has 98 valence electrons. The first kappa shape index (κ1) is 13.0. The molecule has 1 fully saturated rings. The molecule has 2 rings (SSSR count). The molecule has 1 aliphatic rings. The summed E-state index contributed by atoms with van der Waals surface area (Å²) in [6, 6.07) is 9.06. The minimum Gasteiger partial charge on any atom is -0.480 e. The Hall–Kier alpha value is -1.43. The molecule has 1 aromatic carbocycles. The predicted octanol–water partition coefficient (Wildman–Crippen LogP) is 0.519. The molecular formula is C13H18N2O3. The van der Waals surface area contributed by atoms with Gasteiger partial charge in [0.05, 0.1) is 13.2 Å². The second-order valence-electron chi connectivity index (χ2n) is 4.31. The van der Waals surface area contributed by atoms with E-state index in [0.29, 0.717) is 19.6 Å². The number of hydrogen-bond acceptors (Lipinski definition) is 4. The van der Waals surface area contributed by atoms with Crippen molar-refractivity contribution in [3.63, 3.8) is 0 Å². The molecule has 2 N–H and O–H groups in total. The van der Waals surface area contributed by atoms with Gasteiger partial charge < -0.3 is 9.84 Å². The van der Waals surface area contributed by atoms with E-state index in [9.17, 15) is 9.90 Å². The van der Waals surface area contributed by atoms with Crippen molar-refractivity contribution in [1.29, 1.82) is 0 Å². The lowest BCUT2D eigenvalue weighted by Crippen LogP contribution is -2.53. The van der Waals surface area contributed by atoms with Crippen LogP contribution in [0, 0.1) is 0 Å². The molecule has 1 heterocycles. The van der Waals surface area contributed by atoms with Crippen molar-refractivity contribution in [1.82, 2.24) is 10.4 Å². The van der Waals surface area contributed by atoms with Crippen LogP contribution in [-0.2, 0) is 16.0 Å². The fourth-order valence-corrected chi connectivity index (χ4v) is 1.95. The Morgan fingerprint density at radius 3 is 2.61 bits per heavy atom. The van der Waals surface area contributed by atoms with Crippen LogP contribution in [0.3, 0.4) is 0 Å². The number of benzene rings is 1. The number of carboxylic acid groups (broad SMARTS) is 1. The van der Waals surface area contributed by atoms with Crippen molar-refractivity contribution in [2.24, 2.45) is 0 Å². The van der Waals surface area contributed by atoms with Crippen LogP contribution < -0.4 is 5.43 Å². The summed E-state index contributed by atoms with van der Waals surface area (Å²) in [5.74, 6) is -0.828. The number of nitrogens with one attached hydrogen (secondary N) is 1. The molecular weight excluding hydrogens is 232 g/mol. The first-order valence-electron chi connectivity index (χ1n) is 6.11. The summed E-state index contributed by atoms with van der Waals surface area (Å²) in [7, 11) is 0. The molecule has 1 aliphatic heterocycles. The molecule has 0 spiro atoms. The van der Waals surface area contributed by atoms with Gasteiger partial charge in [-0.15, -0.1) is 0 Å². The molecule has 0 aliphatic carbocycles. The van der Waals surface area contributed by atoms with Gasteiger partial charge in [0.2, 0.25) is 0 Å². The molecule has 1 saturated heterocycles. The molecule has 0 bridgehead atoms. The molecule has 5 nitrogen and oxygen atoms in total. The van der Waals surface area contributed by atoms with Crippen LogP contribution in [-0.4, -0.2) is 48.4 Å². The second kappa shape index (κ2) is 6.49. The average molecular weight is 250 g/mol. The summed E-state index contributed by atoms with van der Waals surface area (Å²) in [6.07, 6.45) is 0.480. The maximum atomic E-state index is 11.3. The largest absolute Gasteiger partial charge is 0.480 e. The van der Waals surface area contributed by atoms with Crippen LogP contribution in [0.5, 0.6) is 0 Å². The number of carboxylic acids is 1. The van der Waals surface area contributed by atoms with Crippen LogP contribution in [0.25, 0.3) is 0 Å². The number of morpholine rings is 1. The maximum absolute atomic E-state index is 11.3. The highest BCUT2D eigenvalue weighted by atomic mass is 16.5. The zero-order valence-corrected chi connectivity index (χ0v) is 10.2. The quantitative estimate of drug-likeness (QED) is 0.797. The van der Waals surface area contributed by atoms with Crippen molar-refractivity contribution < 1.29 is 14.6 Å². The summed E-state index contributed by atoms with van der Waals surface area (Å²) < 4.78 is 5.23. The average Bonchev–Trinajstić information content (AvgIpc) is 2.40. The van der Waals surface area contributed by atoms with Crippen molar-refractivity contribution in [2.75, 3.05) is 26.3 Å². The van der Waals surface area contributed by atoms with E-state index in [0.717, 1.165) is 18.7 Å². The number of aliphatic carboxylic acids is 1. The van der Waals surface area contributed by atoms with Gasteiger partial charge >= 0.3 is 5.97 Å². The lowest BCUT2D eigenvalue weighted by Gasteiger charge is -2.30. The van der Waals surface area contributed by atoms with E-state index >= 15 is 0 Å². The Balaban J connectivity index is 1.93. The van der Waals surface area contributed by atoms with E-state index in [1.165, 1.54) is 0 Å². The third-order valence-electron chi connectivity index (χ3n) is 2.93. The monoisotopic (exact) mass is 250 g/mol. The summed E-state index contributed by atoms with van der Waals surface area (Å²) in [5.41, 5.74) is 4.08. The third-order valence-corrected chi connectivity index (χ3v) is 2.93. The van der Waals surface area contributed by atoms with Crippen molar-refractivity contribution >= 4 is 5.97 Å². The minimum absolute atomic E-state index is 0.480. The number of hydrogen-bond donors (Lipinski definition) is 2. The van der Waals surface area contributed by atoms with E-state index < -0.39 is 12.0 Å². The Morgan fingerprint density at radius 2 is 2.00 bits per heavy atom. The van der Waals surface area contributed by atoms with E-state index in [1.807, 2.05) is 35.3 Å². The highest BCUT2D eigenvalue weighted by Crippen LogP contribution is 2.05. The van der Waals surface area contributed by atoms with E-state index in [-0.39, 0.29) is 0 Å². The van der Waals surface area contributed by atoms with Crippen molar-refractivity contribution in [3.05, 3.63) is 35.9 Å². The molecule has 1 atom stereocenters. The first-order valence-corrected chi connectivity index (χ1v) is 6.11. The van der Waals surface area contributed by atoms with Gasteiger partial charge in [-0.2, -0.15) is 0 Å². The highest BCUT2D eigenvalue weighted by Gasteiger charge is 2.21. The number of ether oxygens (including phenoxy) is 1. The predicted molar refractivity (Wildman–Crippen MR) is 67.1 cm³/mol. The molecule has 0 radical (unpaired) electrons. The maximum Gasteiger partial charge on any atom is 0.322 e. The first-order chi connectivity index (χ1) is 8.75. The van der Waals surface area contributed by atoms with Gasteiger partial charge in [0.25, 0.3) is 0 Å². The van der Waals surface area contributed by atoms with Crippen LogP contribution >= 0.6 is 0 Å². The van der Waals surface area contributed by atoms with Gasteiger partial charge in [-0.1, -0.05) is 30.3 Å². The van der Waals surface area contributed by atoms with Crippen LogP contribution in [0.2, 0.25) is 0 Å². The Labute approximate surface area is 106 Å². The minimum atomic E-state index is -0.828. The molecule has 0 unspecified atom stereocenters. The van der Waals surface area contributed by atoms with Gasteiger partial charge in [0.15, 0.2) is 0 Å². The third kappa shape index (κ3) is 3.80. The van der Waals surface area contributed by atoms with Crippen LogP contribution in [0.4, 0.5) is 0 Å². The molecule has 1 aromatic rings. The topological polar surface area (TPSA) is 61.8 Å². The van der Waals surface area contributed by atoms with Gasteiger partial charge in [-0.05, 0) is 12.0 Å². The Kier molecular flexibility index (Phi) is 4.69. The van der Waals surface area contributed by atoms with E-state index in [1.54, 1.807) is 0 Å². The lowest BCUT2D eigenvalue weighted by atomic mass is 10.1. The number of rotatable bonds is 5. The molecule has 0 amide bonds. The van der Waals surface area contributed by atoms with Crippen LogP contribution in [0.1, 0.15) is 5.56 Å². The molecule has 18 heavy (non-hydrogen) atoms. The molecule has 0 aromatic heterocycles. The lowest BCUT2D eigenvalue weighted by molar-refractivity contribution is -0.141. The normalized spacial score (nSPS) is 18.4. The van der Waals surface area contributed by atoms with E-state index in [4.69, 9.17) is 4.74 Å². The van der Waals surface area contributed by atoms with Crippen molar-refractivity contribution in [2.45, 2.75) is 12.5 Å². The standard InChI is InChI=1S/C13H18N2O3/c16-13(17)12(10-11-4-2-1-3-5-11)14-15-6-8-18-9-7-15/h1-5,12,14H,6-10H2,(H,16,17)/t12-/m0/s1. The summed E-state index contributed by atoms with van der Waals surface area (Å²) in [4.78, 5) is 11.3. The highest BCUT2D eigenvalue weighted by molar-refractivity contribution is 5.73. The Morgan fingerprint density at radius 1 is 1.33 bits per heavy atom. The second-order valence-corrected chi connectivity index (χ2v) is 4.31. The SMILES string of the molecule is O=C(O)[C@H](Cc1ccccc1)NN1CCOCC1. The smallest absolute Gasteiger partial charge is 0.322 e. The molecule has 0 saturated carbocycles. The summed E-state index contributed by atoms with van der Waals surface area (Å²) in [6.45, 7) is 2.73. The van der Waals surface area contributed by atoms with Gasteiger partial charge in [0, 0.05) is 13.1 Å². The molecule has 5 heteroatoms. The van der Waals surface area contributed by atoms with E-state index in [2.05, 4.69) is 5.43 Å². The number of carbonyl (C=O) groups is 1. The zero-order chi connectivity index (χ0) is 12.8. The fourth-order valence-electron chi connectivity index (χ4n) is 1.95. The van der Waals surface area contributed by atoms with Gasteiger partial charge in [-0.25, -0.2) is 10.4 Å². The Bertz CT molecular complexity index is 377. The van der Waals surface area contributed by atoms with Crippen molar-refractivity contribution in [3.8, 4) is 0 Å². The fraction of sp³-hybridized carbons (Fsp3) is 0.462. The number of hydrazine groups is 1. The van der Waals surface area contributed by atoms with Crippen LogP contribution in [0.15, 0.2) is 30.3 Å². The van der Waals surface area contributed by atoms with Gasteiger partial charge in [-0.3, -0.25) is 4.79 Å². The summed E-state index contributed by atoms with van der Waals surface area (Å²) >= 11 is 0. The summed E-state index contributed by atoms with van der Waals surface area (Å²) in [5, 5.41) is 11.2.